The van der Waals surface area contributed by atoms with Crippen molar-refractivity contribution < 1.29 is 9.21 Å². The Labute approximate surface area is 112 Å². The predicted molar refractivity (Wildman–Crippen MR) is 70.0 cm³/mol. The molecule has 1 aliphatic carbocycles. The van der Waals surface area contributed by atoms with Gasteiger partial charge in [-0.3, -0.25) is 4.79 Å². The summed E-state index contributed by atoms with van der Waals surface area (Å²) in [5, 5.41) is 0. The lowest BCUT2D eigenvalue weighted by Crippen LogP contribution is -2.45. The molecule has 1 aromatic heterocycles. The van der Waals surface area contributed by atoms with E-state index >= 15 is 0 Å². The Morgan fingerprint density at radius 3 is 2.67 bits per heavy atom. The van der Waals surface area contributed by atoms with Gasteiger partial charge in [0.05, 0.1) is 5.69 Å². The summed E-state index contributed by atoms with van der Waals surface area (Å²) >= 11 is 5.72. The first-order valence-electron chi connectivity index (χ1n) is 6.44. The zero-order chi connectivity index (χ0) is 13.1. The lowest BCUT2D eigenvalue weighted by atomic mass is 9.91. The minimum atomic E-state index is -0.0390. The molecule has 100 valence electrons. The number of amides is 1. The summed E-state index contributed by atoms with van der Waals surface area (Å²) in [5.74, 6) is 1.46. The van der Waals surface area contributed by atoms with Crippen LogP contribution in [0.3, 0.4) is 0 Å². The van der Waals surface area contributed by atoms with E-state index in [4.69, 9.17) is 16.0 Å². The third-order valence-electron chi connectivity index (χ3n) is 3.41. The number of aromatic nitrogens is 1. The molecule has 0 radical (unpaired) electrons. The van der Waals surface area contributed by atoms with Crippen molar-refractivity contribution in [2.24, 2.45) is 0 Å². The minimum Gasteiger partial charge on any atom is -0.436 e. The summed E-state index contributed by atoms with van der Waals surface area (Å²) in [4.78, 5) is 18.5. The first-order chi connectivity index (χ1) is 8.63. The molecule has 1 fully saturated rings. The highest BCUT2D eigenvalue weighted by atomic mass is 35.5. The molecule has 0 N–H and O–H groups in total. The molecule has 0 aromatic carbocycles. The highest BCUT2D eigenvalue weighted by Crippen LogP contribution is 2.27. The molecule has 1 amide bonds. The number of rotatable bonds is 5. The van der Waals surface area contributed by atoms with Gasteiger partial charge in [0, 0.05) is 25.4 Å². The smallest absolute Gasteiger partial charge is 0.291 e. The fraction of sp³-hybridized carbons (Fsp3) is 0.692. The molecule has 1 heterocycles. The van der Waals surface area contributed by atoms with Crippen LogP contribution in [0, 0.1) is 13.8 Å². The number of oxazole rings is 1. The van der Waals surface area contributed by atoms with E-state index in [9.17, 15) is 4.79 Å². The first-order valence-corrected chi connectivity index (χ1v) is 6.98. The van der Waals surface area contributed by atoms with Gasteiger partial charge in [0.25, 0.3) is 5.91 Å². The van der Waals surface area contributed by atoms with Gasteiger partial charge in [0.15, 0.2) is 5.89 Å². The average Bonchev–Trinajstić information content (AvgIpc) is 2.60. The lowest BCUT2D eigenvalue weighted by molar-refractivity contribution is 0.0546. The normalized spacial score (nSPS) is 15.5. The molecule has 2 rings (SSSR count). The monoisotopic (exact) mass is 270 g/mol. The zero-order valence-corrected chi connectivity index (χ0v) is 11.7. The maximum absolute atomic E-state index is 12.5. The third kappa shape index (κ3) is 2.69. The van der Waals surface area contributed by atoms with Crippen LogP contribution in [0.25, 0.3) is 0 Å². The second kappa shape index (κ2) is 5.74. The topological polar surface area (TPSA) is 46.3 Å². The molecule has 1 aliphatic rings. The van der Waals surface area contributed by atoms with Crippen LogP contribution >= 0.6 is 11.6 Å². The van der Waals surface area contributed by atoms with E-state index in [1.807, 2.05) is 11.8 Å². The molecule has 0 bridgehead atoms. The van der Waals surface area contributed by atoms with Crippen LogP contribution < -0.4 is 0 Å². The number of carbonyl (C=O) groups is 1. The van der Waals surface area contributed by atoms with Gasteiger partial charge < -0.3 is 9.32 Å². The highest BCUT2D eigenvalue weighted by Gasteiger charge is 2.31. The van der Waals surface area contributed by atoms with E-state index in [0.717, 1.165) is 19.3 Å². The third-order valence-corrected chi connectivity index (χ3v) is 3.67. The van der Waals surface area contributed by atoms with Crippen molar-refractivity contribution in [2.45, 2.75) is 45.6 Å². The number of halogens is 1. The molecule has 5 heteroatoms. The average molecular weight is 271 g/mol. The molecule has 18 heavy (non-hydrogen) atoms. The van der Waals surface area contributed by atoms with Crippen molar-refractivity contribution >= 4 is 17.5 Å². The van der Waals surface area contributed by atoms with Crippen molar-refractivity contribution in [1.82, 2.24) is 9.88 Å². The Kier molecular flexibility index (Phi) is 4.27. The molecule has 0 saturated heterocycles. The van der Waals surface area contributed by atoms with E-state index in [2.05, 4.69) is 4.98 Å². The summed E-state index contributed by atoms with van der Waals surface area (Å²) in [6, 6.07) is 0.352. The first kappa shape index (κ1) is 13.4. The Hall–Kier alpha value is -1.03. The Morgan fingerprint density at radius 2 is 2.22 bits per heavy atom. The zero-order valence-electron chi connectivity index (χ0n) is 10.9. The molecule has 4 nitrogen and oxygen atoms in total. The second-order valence-corrected chi connectivity index (χ2v) is 5.15. The predicted octanol–water partition coefficient (Wildman–Crippen LogP) is 2.92. The van der Waals surface area contributed by atoms with E-state index in [1.54, 1.807) is 6.92 Å². The largest absolute Gasteiger partial charge is 0.436 e. The number of carbonyl (C=O) groups excluding carboxylic acids is 1. The van der Waals surface area contributed by atoms with Crippen LogP contribution in [0.1, 0.15) is 47.8 Å². The van der Waals surface area contributed by atoms with E-state index in [0.29, 0.717) is 35.8 Å². The van der Waals surface area contributed by atoms with Crippen LogP contribution in [-0.4, -0.2) is 34.3 Å². The van der Waals surface area contributed by atoms with Crippen LogP contribution in [0.5, 0.6) is 0 Å². The van der Waals surface area contributed by atoms with E-state index in [-0.39, 0.29) is 5.91 Å². The van der Waals surface area contributed by atoms with Gasteiger partial charge in [-0.15, -0.1) is 11.6 Å². The molecular weight excluding hydrogens is 252 g/mol. The van der Waals surface area contributed by atoms with Gasteiger partial charge >= 0.3 is 0 Å². The lowest BCUT2D eigenvalue weighted by Gasteiger charge is -2.37. The van der Waals surface area contributed by atoms with Crippen molar-refractivity contribution in [2.75, 3.05) is 12.4 Å². The highest BCUT2D eigenvalue weighted by molar-refractivity contribution is 6.17. The van der Waals surface area contributed by atoms with Gasteiger partial charge in [-0.1, -0.05) is 0 Å². The van der Waals surface area contributed by atoms with E-state index in [1.165, 1.54) is 6.42 Å². The quantitative estimate of drug-likeness (QED) is 0.773. The van der Waals surface area contributed by atoms with Gasteiger partial charge in [-0.25, -0.2) is 4.98 Å². The van der Waals surface area contributed by atoms with Crippen LogP contribution in [0.15, 0.2) is 4.42 Å². The molecule has 1 aromatic rings. The van der Waals surface area contributed by atoms with Gasteiger partial charge in [-0.05, 0) is 32.6 Å². The van der Waals surface area contributed by atoms with Crippen LogP contribution in [-0.2, 0) is 0 Å². The summed E-state index contributed by atoms with van der Waals surface area (Å²) in [5.41, 5.74) is 0.674. The van der Waals surface area contributed by atoms with Crippen LogP contribution in [0.2, 0.25) is 0 Å². The maximum atomic E-state index is 12.5. The molecule has 1 saturated carbocycles. The Balaban J connectivity index is 2.13. The molecular formula is C13H19ClN2O2. The number of hydrogen-bond acceptors (Lipinski definition) is 3. The second-order valence-electron chi connectivity index (χ2n) is 4.77. The fourth-order valence-electron chi connectivity index (χ4n) is 2.24. The van der Waals surface area contributed by atoms with Crippen molar-refractivity contribution in [1.29, 1.82) is 0 Å². The fourth-order valence-corrected chi connectivity index (χ4v) is 2.36. The summed E-state index contributed by atoms with van der Waals surface area (Å²) < 4.78 is 5.42. The molecule has 0 atom stereocenters. The van der Waals surface area contributed by atoms with E-state index < -0.39 is 0 Å². The number of hydrogen-bond donors (Lipinski definition) is 0. The number of aryl methyl sites for hydroxylation is 2. The Morgan fingerprint density at radius 1 is 1.50 bits per heavy atom. The minimum absolute atomic E-state index is 0.0390. The standard InChI is InChI=1S/C13H19ClN2O2/c1-9-12(18-10(2)15-9)13(17)16(8-4-7-14)11-5-3-6-11/h11H,3-8H2,1-2H3. The molecule has 0 unspecified atom stereocenters. The van der Waals surface area contributed by atoms with Gasteiger partial charge in [0.2, 0.25) is 5.76 Å². The van der Waals surface area contributed by atoms with Crippen molar-refractivity contribution in [3.8, 4) is 0 Å². The van der Waals surface area contributed by atoms with Crippen molar-refractivity contribution in [3.05, 3.63) is 17.3 Å². The summed E-state index contributed by atoms with van der Waals surface area (Å²) in [7, 11) is 0. The molecule has 0 aliphatic heterocycles. The SMILES string of the molecule is Cc1nc(C)c(C(=O)N(CCCCl)C2CCC2)o1. The van der Waals surface area contributed by atoms with Gasteiger partial charge in [0.1, 0.15) is 0 Å². The number of nitrogens with zero attached hydrogens (tertiary/aromatic N) is 2. The molecule has 0 spiro atoms. The summed E-state index contributed by atoms with van der Waals surface area (Å²) in [6.07, 6.45) is 4.18. The van der Waals surface area contributed by atoms with Crippen LogP contribution in [0.4, 0.5) is 0 Å². The summed E-state index contributed by atoms with van der Waals surface area (Å²) in [6.45, 7) is 4.27. The maximum Gasteiger partial charge on any atom is 0.291 e. The van der Waals surface area contributed by atoms with Crippen molar-refractivity contribution in [3.63, 3.8) is 0 Å². The number of alkyl halides is 1. The van der Waals surface area contributed by atoms with Gasteiger partial charge in [-0.2, -0.15) is 0 Å². The Bertz CT molecular complexity index is 427.